The largest absolute Gasteiger partial charge is 1.00 e. The molecule has 0 spiro atoms. The number of hydrogen-bond acceptors (Lipinski definition) is 1. The highest BCUT2D eigenvalue weighted by Gasteiger charge is 2.15. The number of ether oxygens (including phenoxy) is 1. The zero-order valence-corrected chi connectivity index (χ0v) is 13.7. The summed E-state index contributed by atoms with van der Waals surface area (Å²) in [5, 5.41) is 0. The van der Waals surface area contributed by atoms with Gasteiger partial charge in [0.05, 0.1) is 6.10 Å². The van der Waals surface area contributed by atoms with Gasteiger partial charge in [-0.05, 0) is 31.5 Å². The molecule has 0 N–H and O–H groups in total. The molecule has 0 aliphatic heterocycles. The third kappa shape index (κ3) is 3.67. The van der Waals surface area contributed by atoms with Crippen molar-refractivity contribution >= 4 is 11.0 Å². The minimum atomic E-state index is 0. The van der Waals surface area contributed by atoms with Gasteiger partial charge in [0.1, 0.15) is 6.54 Å². The Morgan fingerprint density at radius 2 is 1.68 bits per heavy atom. The summed E-state index contributed by atoms with van der Waals surface area (Å²) in [5.74, 6) is 0. The van der Waals surface area contributed by atoms with Crippen molar-refractivity contribution < 1.29 is 21.7 Å². The number of halogens is 1. The number of fused-ring (bicyclic) bond motifs is 1. The van der Waals surface area contributed by atoms with Gasteiger partial charge < -0.3 is 17.1 Å². The standard InChI is InChI=1S/C18H21N2O.ClH/c1-15(2)21-14-20-13-19(12-16-8-4-3-5-9-16)17-10-6-7-11-18(17)20;/h3-11,13,15H,12,14H2,1-2H3;1H/q+1;/p-1. The Labute approximate surface area is 137 Å². The quantitative estimate of drug-likeness (QED) is 0.622. The van der Waals surface area contributed by atoms with Crippen molar-refractivity contribution in [1.29, 1.82) is 0 Å². The van der Waals surface area contributed by atoms with Gasteiger partial charge in [0.25, 0.3) is 0 Å². The predicted molar refractivity (Wildman–Crippen MR) is 83.9 cm³/mol. The molecule has 0 unspecified atom stereocenters. The molecule has 0 aliphatic carbocycles. The molecule has 4 heteroatoms. The summed E-state index contributed by atoms with van der Waals surface area (Å²) in [4.78, 5) is 0. The van der Waals surface area contributed by atoms with Crippen molar-refractivity contribution in [3.05, 3.63) is 66.5 Å². The van der Waals surface area contributed by atoms with Crippen molar-refractivity contribution in [3.8, 4) is 0 Å². The highest BCUT2D eigenvalue weighted by molar-refractivity contribution is 5.71. The smallest absolute Gasteiger partial charge is 0.246 e. The van der Waals surface area contributed by atoms with Crippen LogP contribution in [0.4, 0.5) is 0 Å². The zero-order valence-electron chi connectivity index (χ0n) is 12.9. The van der Waals surface area contributed by atoms with Crippen molar-refractivity contribution in [3.63, 3.8) is 0 Å². The second-order valence-electron chi connectivity index (χ2n) is 5.53. The first-order valence-corrected chi connectivity index (χ1v) is 7.37. The lowest BCUT2D eigenvalue weighted by atomic mass is 10.2. The van der Waals surface area contributed by atoms with Crippen LogP contribution in [0.25, 0.3) is 11.0 Å². The van der Waals surface area contributed by atoms with Crippen LogP contribution in [0.15, 0.2) is 60.9 Å². The van der Waals surface area contributed by atoms with E-state index in [1.54, 1.807) is 0 Å². The molecule has 0 fully saturated rings. The van der Waals surface area contributed by atoms with E-state index >= 15 is 0 Å². The van der Waals surface area contributed by atoms with Crippen LogP contribution in [0.1, 0.15) is 19.4 Å². The molecule has 0 aliphatic rings. The Bertz CT molecular complexity index is 722. The van der Waals surface area contributed by atoms with E-state index < -0.39 is 0 Å². The van der Waals surface area contributed by atoms with Crippen LogP contribution in [-0.4, -0.2) is 10.7 Å². The highest BCUT2D eigenvalue weighted by atomic mass is 35.5. The predicted octanol–water partition coefficient (Wildman–Crippen LogP) is 0.364. The van der Waals surface area contributed by atoms with Crippen molar-refractivity contribution in [2.75, 3.05) is 0 Å². The number of benzene rings is 2. The third-order valence-corrected chi connectivity index (χ3v) is 3.52. The first kappa shape index (κ1) is 16.5. The molecular weight excluding hydrogens is 296 g/mol. The first-order chi connectivity index (χ1) is 10.2. The van der Waals surface area contributed by atoms with Crippen molar-refractivity contribution in [2.24, 2.45) is 0 Å². The summed E-state index contributed by atoms with van der Waals surface area (Å²) < 4.78 is 10.2. The Morgan fingerprint density at radius 3 is 2.41 bits per heavy atom. The van der Waals surface area contributed by atoms with Crippen LogP contribution in [0.3, 0.4) is 0 Å². The number of hydrogen-bond donors (Lipinski definition) is 0. The van der Waals surface area contributed by atoms with Gasteiger partial charge in [-0.2, -0.15) is 0 Å². The molecule has 2 aromatic carbocycles. The van der Waals surface area contributed by atoms with Gasteiger partial charge in [-0.3, -0.25) is 0 Å². The third-order valence-electron chi connectivity index (χ3n) is 3.52. The number of rotatable bonds is 5. The molecule has 0 saturated carbocycles. The SMILES string of the molecule is CC(C)OCn1c[n+](Cc2ccccc2)c2ccccc21.[Cl-]. The summed E-state index contributed by atoms with van der Waals surface area (Å²) in [6.45, 7) is 5.57. The topological polar surface area (TPSA) is 18.0 Å². The van der Waals surface area contributed by atoms with Crippen LogP contribution >= 0.6 is 0 Å². The fourth-order valence-corrected chi connectivity index (χ4v) is 2.48. The van der Waals surface area contributed by atoms with Gasteiger partial charge in [0.15, 0.2) is 17.8 Å². The Morgan fingerprint density at radius 1 is 1.00 bits per heavy atom. The van der Waals surface area contributed by atoms with Gasteiger partial charge in [-0.15, -0.1) is 0 Å². The van der Waals surface area contributed by atoms with Crippen LogP contribution in [0.2, 0.25) is 0 Å². The lowest BCUT2D eigenvalue weighted by Gasteiger charge is -2.04. The molecule has 0 atom stereocenters. The Kier molecular flexibility index (Phi) is 5.58. The van der Waals surface area contributed by atoms with Crippen molar-refractivity contribution in [1.82, 2.24) is 4.57 Å². The number of imidazole rings is 1. The molecule has 0 radical (unpaired) electrons. The first-order valence-electron chi connectivity index (χ1n) is 7.37. The Balaban J connectivity index is 0.00000176. The maximum atomic E-state index is 5.75. The minimum absolute atomic E-state index is 0. The second kappa shape index (κ2) is 7.43. The maximum absolute atomic E-state index is 5.75. The number of para-hydroxylation sites is 2. The van der Waals surface area contributed by atoms with E-state index in [2.05, 4.69) is 77.8 Å². The molecule has 22 heavy (non-hydrogen) atoms. The molecule has 1 heterocycles. The lowest BCUT2D eigenvalue weighted by Crippen LogP contribution is -3.00. The van der Waals surface area contributed by atoms with E-state index in [-0.39, 0.29) is 18.5 Å². The zero-order chi connectivity index (χ0) is 14.7. The van der Waals surface area contributed by atoms with Gasteiger partial charge in [-0.1, -0.05) is 42.5 Å². The molecule has 3 rings (SSSR count). The number of nitrogens with zero attached hydrogens (tertiary/aromatic N) is 2. The summed E-state index contributed by atoms with van der Waals surface area (Å²) >= 11 is 0. The van der Waals surface area contributed by atoms with Crippen LogP contribution < -0.4 is 17.0 Å². The molecule has 3 nitrogen and oxygen atoms in total. The molecule has 0 saturated heterocycles. The van der Waals surface area contributed by atoms with E-state index in [1.165, 1.54) is 16.6 Å². The molecule has 0 bridgehead atoms. The minimum Gasteiger partial charge on any atom is -1.00 e. The molecule has 1 aromatic heterocycles. The van der Waals surface area contributed by atoms with Crippen LogP contribution in [0.5, 0.6) is 0 Å². The Hall–Kier alpha value is -1.84. The van der Waals surface area contributed by atoms with Crippen LogP contribution in [-0.2, 0) is 18.0 Å². The van der Waals surface area contributed by atoms with E-state index in [9.17, 15) is 0 Å². The van der Waals surface area contributed by atoms with E-state index in [1.807, 2.05) is 6.07 Å². The molecular formula is C18H21ClN2O. The van der Waals surface area contributed by atoms with E-state index in [0.29, 0.717) is 6.73 Å². The normalized spacial score (nSPS) is 10.9. The summed E-state index contributed by atoms with van der Waals surface area (Å²) in [7, 11) is 0. The van der Waals surface area contributed by atoms with E-state index in [4.69, 9.17) is 4.74 Å². The fraction of sp³-hybridized carbons (Fsp3) is 0.278. The second-order valence-corrected chi connectivity index (χ2v) is 5.53. The average Bonchev–Trinajstić information content (AvgIpc) is 2.85. The number of aromatic nitrogens is 2. The summed E-state index contributed by atoms with van der Waals surface area (Å²) in [6.07, 6.45) is 2.37. The average molecular weight is 317 g/mol. The van der Waals surface area contributed by atoms with Crippen molar-refractivity contribution in [2.45, 2.75) is 33.2 Å². The lowest BCUT2D eigenvalue weighted by molar-refractivity contribution is -0.663. The monoisotopic (exact) mass is 316 g/mol. The highest BCUT2D eigenvalue weighted by Crippen LogP contribution is 2.12. The van der Waals surface area contributed by atoms with Gasteiger partial charge in [0, 0.05) is 0 Å². The van der Waals surface area contributed by atoms with Gasteiger partial charge >= 0.3 is 0 Å². The van der Waals surface area contributed by atoms with E-state index in [0.717, 1.165) is 6.54 Å². The summed E-state index contributed by atoms with van der Waals surface area (Å²) in [5.41, 5.74) is 3.73. The maximum Gasteiger partial charge on any atom is 0.246 e. The fourth-order valence-electron chi connectivity index (χ4n) is 2.48. The van der Waals surface area contributed by atoms with Gasteiger partial charge in [-0.25, -0.2) is 9.13 Å². The summed E-state index contributed by atoms with van der Waals surface area (Å²) in [6, 6.07) is 19.0. The van der Waals surface area contributed by atoms with Crippen LogP contribution in [0, 0.1) is 0 Å². The molecule has 116 valence electrons. The molecule has 0 amide bonds. The molecule has 3 aromatic rings. The van der Waals surface area contributed by atoms with Gasteiger partial charge in [0.2, 0.25) is 6.33 Å².